The maximum Gasteiger partial charge on any atom is 0.0922 e. The summed E-state index contributed by atoms with van der Waals surface area (Å²) in [4.78, 5) is 2.41. The second-order valence-corrected chi connectivity index (χ2v) is 7.52. The van der Waals surface area contributed by atoms with Gasteiger partial charge in [-0.3, -0.25) is 0 Å². The fraction of sp³-hybridized carbons (Fsp3) is 0.444. The number of benzene rings is 1. The van der Waals surface area contributed by atoms with Crippen LogP contribution in [0.5, 0.6) is 0 Å². The van der Waals surface area contributed by atoms with E-state index in [0.29, 0.717) is 6.42 Å². The lowest BCUT2D eigenvalue weighted by atomic mass is 9.86. The Labute approximate surface area is 126 Å². The molecule has 1 N–H and O–H groups in total. The van der Waals surface area contributed by atoms with Crippen LogP contribution in [0, 0.1) is 0 Å². The molecule has 2 rings (SSSR count). The number of aliphatic hydroxyl groups is 1. The van der Waals surface area contributed by atoms with Crippen molar-refractivity contribution in [2.24, 2.45) is 0 Å². The van der Waals surface area contributed by atoms with Crippen LogP contribution in [0.25, 0.3) is 0 Å². The summed E-state index contributed by atoms with van der Waals surface area (Å²) in [6.45, 7) is 8.80. The average molecular weight is 288 g/mol. The van der Waals surface area contributed by atoms with Gasteiger partial charge < -0.3 is 5.11 Å². The van der Waals surface area contributed by atoms with Crippen LogP contribution in [0.15, 0.2) is 36.4 Å². The lowest BCUT2D eigenvalue weighted by Gasteiger charge is -2.19. The van der Waals surface area contributed by atoms with Gasteiger partial charge in [0.2, 0.25) is 0 Å². The normalized spacial score (nSPS) is 13.4. The fourth-order valence-corrected chi connectivity index (χ4v) is 3.17. The second kappa shape index (κ2) is 6.11. The highest BCUT2D eigenvalue weighted by Crippen LogP contribution is 2.27. The molecule has 20 heavy (non-hydrogen) atoms. The summed E-state index contributed by atoms with van der Waals surface area (Å²) in [7, 11) is 0. The summed E-state index contributed by atoms with van der Waals surface area (Å²) in [6, 6.07) is 12.8. The van der Waals surface area contributed by atoms with Crippen LogP contribution in [-0.2, 0) is 18.3 Å². The van der Waals surface area contributed by atoms with E-state index in [2.05, 4.69) is 64.1 Å². The third-order valence-electron chi connectivity index (χ3n) is 3.61. The molecule has 1 heterocycles. The van der Waals surface area contributed by atoms with Gasteiger partial charge in [0.25, 0.3) is 0 Å². The fourth-order valence-electron chi connectivity index (χ4n) is 2.23. The van der Waals surface area contributed by atoms with E-state index in [1.54, 1.807) is 11.3 Å². The molecule has 0 saturated heterocycles. The predicted octanol–water partition coefficient (Wildman–Crippen LogP) is 4.88. The summed E-state index contributed by atoms with van der Waals surface area (Å²) in [6.07, 6.45) is 1.34. The minimum Gasteiger partial charge on any atom is -0.387 e. The van der Waals surface area contributed by atoms with Crippen LogP contribution in [0.2, 0.25) is 0 Å². The molecular formula is C18H24OS. The first-order chi connectivity index (χ1) is 9.40. The van der Waals surface area contributed by atoms with Crippen molar-refractivity contribution in [1.82, 2.24) is 0 Å². The molecular weight excluding hydrogens is 264 g/mol. The average Bonchev–Trinajstić information content (AvgIpc) is 2.87. The number of aryl methyl sites for hydroxylation is 1. The molecule has 108 valence electrons. The van der Waals surface area contributed by atoms with Gasteiger partial charge in [0.1, 0.15) is 0 Å². The molecule has 0 aliphatic heterocycles. The van der Waals surface area contributed by atoms with E-state index in [0.717, 1.165) is 11.3 Å². The summed E-state index contributed by atoms with van der Waals surface area (Å²) in [5.74, 6) is 0. The molecule has 0 fully saturated rings. The molecule has 0 bridgehead atoms. The summed E-state index contributed by atoms with van der Waals surface area (Å²) in [5, 5.41) is 10.3. The van der Waals surface area contributed by atoms with Crippen LogP contribution in [0.1, 0.15) is 54.7 Å². The van der Waals surface area contributed by atoms with Gasteiger partial charge >= 0.3 is 0 Å². The highest BCUT2D eigenvalue weighted by molar-refractivity contribution is 7.12. The standard InChI is InChI=1S/C18H24OS/c1-5-15-10-11-17(20-15)16(19)12-13-6-8-14(9-7-13)18(2,3)4/h6-11,16,19H,5,12H2,1-4H3. The Morgan fingerprint density at radius 1 is 1.05 bits per heavy atom. The Morgan fingerprint density at radius 3 is 2.20 bits per heavy atom. The molecule has 1 aromatic carbocycles. The van der Waals surface area contributed by atoms with Gasteiger partial charge in [-0.2, -0.15) is 0 Å². The van der Waals surface area contributed by atoms with Gasteiger partial charge in [0.05, 0.1) is 6.10 Å². The van der Waals surface area contributed by atoms with Gasteiger partial charge in [0, 0.05) is 16.2 Å². The first-order valence-electron chi connectivity index (χ1n) is 7.26. The Morgan fingerprint density at radius 2 is 1.70 bits per heavy atom. The van der Waals surface area contributed by atoms with Crippen molar-refractivity contribution in [1.29, 1.82) is 0 Å². The minimum atomic E-state index is -0.388. The lowest BCUT2D eigenvalue weighted by Crippen LogP contribution is -2.11. The third kappa shape index (κ3) is 3.71. The molecule has 0 amide bonds. The number of thiophene rings is 1. The molecule has 0 saturated carbocycles. The van der Waals surface area contributed by atoms with E-state index in [-0.39, 0.29) is 11.5 Å². The van der Waals surface area contributed by atoms with Crippen molar-refractivity contribution in [3.8, 4) is 0 Å². The second-order valence-electron chi connectivity index (χ2n) is 6.32. The zero-order valence-electron chi connectivity index (χ0n) is 12.8. The first-order valence-corrected chi connectivity index (χ1v) is 8.08. The number of hydrogen-bond donors (Lipinski definition) is 1. The smallest absolute Gasteiger partial charge is 0.0922 e. The maximum absolute atomic E-state index is 10.3. The zero-order valence-corrected chi connectivity index (χ0v) is 13.6. The van der Waals surface area contributed by atoms with Gasteiger partial charge in [-0.25, -0.2) is 0 Å². The lowest BCUT2D eigenvalue weighted by molar-refractivity contribution is 0.182. The van der Waals surface area contributed by atoms with Crippen LogP contribution in [-0.4, -0.2) is 5.11 Å². The van der Waals surface area contributed by atoms with Crippen LogP contribution in [0.4, 0.5) is 0 Å². The van der Waals surface area contributed by atoms with E-state index in [9.17, 15) is 5.11 Å². The SMILES string of the molecule is CCc1ccc(C(O)Cc2ccc(C(C)(C)C)cc2)s1. The van der Waals surface area contributed by atoms with E-state index in [1.165, 1.54) is 16.0 Å². The van der Waals surface area contributed by atoms with Crippen LogP contribution >= 0.6 is 11.3 Å². The Hall–Kier alpha value is -1.12. The highest BCUT2D eigenvalue weighted by atomic mass is 32.1. The summed E-state index contributed by atoms with van der Waals surface area (Å²) >= 11 is 1.72. The predicted molar refractivity (Wildman–Crippen MR) is 87.5 cm³/mol. The largest absolute Gasteiger partial charge is 0.387 e. The molecule has 2 heteroatoms. The van der Waals surface area contributed by atoms with Gasteiger partial charge in [-0.05, 0) is 35.1 Å². The van der Waals surface area contributed by atoms with Gasteiger partial charge in [0.15, 0.2) is 0 Å². The molecule has 1 aromatic heterocycles. The number of hydrogen-bond acceptors (Lipinski definition) is 2. The van der Waals surface area contributed by atoms with Crippen molar-refractivity contribution in [2.45, 2.75) is 52.1 Å². The minimum absolute atomic E-state index is 0.181. The van der Waals surface area contributed by atoms with E-state index in [4.69, 9.17) is 0 Å². The molecule has 1 nitrogen and oxygen atoms in total. The molecule has 1 unspecified atom stereocenters. The van der Waals surface area contributed by atoms with E-state index < -0.39 is 0 Å². The van der Waals surface area contributed by atoms with Crippen molar-refractivity contribution in [3.05, 3.63) is 57.3 Å². The Kier molecular flexibility index (Phi) is 4.66. The third-order valence-corrected chi connectivity index (χ3v) is 4.94. The number of rotatable bonds is 4. The summed E-state index contributed by atoms with van der Waals surface area (Å²) < 4.78 is 0. The topological polar surface area (TPSA) is 20.2 Å². The van der Waals surface area contributed by atoms with Gasteiger partial charge in [-0.1, -0.05) is 52.0 Å². The first kappa shape index (κ1) is 15.3. The van der Waals surface area contributed by atoms with E-state index >= 15 is 0 Å². The van der Waals surface area contributed by atoms with Crippen molar-refractivity contribution in [3.63, 3.8) is 0 Å². The van der Waals surface area contributed by atoms with Crippen molar-refractivity contribution < 1.29 is 5.11 Å². The molecule has 0 spiro atoms. The maximum atomic E-state index is 10.3. The molecule has 0 aliphatic rings. The zero-order chi connectivity index (χ0) is 14.8. The highest BCUT2D eigenvalue weighted by Gasteiger charge is 2.14. The summed E-state index contributed by atoms with van der Waals surface area (Å²) in [5.41, 5.74) is 2.71. The molecule has 2 aromatic rings. The number of aliphatic hydroxyl groups excluding tert-OH is 1. The van der Waals surface area contributed by atoms with Crippen molar-refractivity contribution >= 4 is 11.3 Å². The van der Waals surface area contributed by atoms with Crippen LogP contribution in [0.3, 0.4) is 0 Å². The van der Waals surface area contributed by atoms with Crippen molar-refractivity contribution in [2.75, 3.05) is 0 Å². The van der Waals surface area contributed by atoms with Gasteiger partial charge in [-0.15, -0.1) is 11.3 Å². The monoisotopic (exact) mass is 288 g/mol. The van der Waals surface area contributed by atoms with Crippen LogP contribution < -0.4 is 0 Å². The quantitative estimate of drug-likeness (QED) is 0.849. The Bertz CT molecular complexity index is 546. The van der Waals surface area contributed by atoms with E-state index in [1.807, 2.05) is 0 Å². The Balaban J connectivity index is 2.06. The molecule has 0 radical (unpaired) electrons. The molecule has 0 aliphatic carbocycles. The molecule has 1 atom stereocenters.